The molecule has 0 bridgehead atoms. The Balaban J connectivity index is 2.39. The molecule has 1 heterocycles. The fourth-order valence-electron chi connectivity index (χ4n) is 1.54. The molecule has 5 nitrogen and oxygen atoms in total. The standard InChI is InChI=1S/C12H9N5/c13-6-10-11(7-14)16-17(12(10)15)8-9-4-2-1-3-5-9/h1-5H,8,15H2. The van der Waals surface area contributed by atoms with Crippen molar-refractivity contribution in [2.24, 2.45) is 0 Å². The van der Waals surface area contributed by atoms with Crippen molar-refractivity contribution in [2.75, 3.05) is 5.73 Å². The monoisotopic (exact) mass is 223 g/mol. The zero-order chi connectivity index (χ0) is 12.3. The Kier molecular flexibility index (Phi) is 2.76. The predicted octanol–water partition coefficient (Wildman–Crippen LogP) is 1.26. The van der Waals surface area contributed by atoms with Crippen molar-refractivity contribution in [2.45, 2.75) is 6.54 Å². The summed E-state index contributed by atoms with van der Waals surface area (Å²) in [5.41, 5.74) is 6.99. The highest BCUT2D eigenvalue weighted by molar-refractivity contribution is 5.56. The summed E-state index contributed by atoms with van der Waals surface area (Å²) in [7, 11) is 0. The molecular formula is C12H9N5. The number of nitriles is 2. The first-order valence-corrected chi connectivity index (χ1v) is 4.96. The quantitative estimate of drug-likeness (QED) is 0.829. The molecule has 82 valence electrons. The van der Waals surface area contributed by atoms with Gasteiger partial charge in [-0.2, -0.15) is 15.6 Å². The van der Waals surface area contributed by atoms with Crippen molar-refractivity contribution in [3.63, 3.8) is 0 Å². The van der Waals surface area contributed by atoms with Crippen LogP contribution < -0.4 is 5.73 Å². The number of aromatic nitrogens is 2. The molecule has 0 aliphatic heterocycles. The second-order valence-corrected chi connectivity index (χ2v) is 3.48. The molecule has 0 spiro atoms. The van der Waals surface area contributed by atoms with Crippen LogP contribution in [0.15, 0.2) is 30.3 Å². The third kappa shape index (κ3) is 1.95. The van der Waals surface area contributed by atoms with Crippen molar-refractivity contribution < 1.29 is 0 Å². The minimum absolute atomic E-state index is 0.0703. The molecule has 0 fully saturated rings. The molecule has 2 N–H and O–H groups in total. The van der Waals surface area contributed by atoms with E-state index in [9.17, 15) is 0 Å². The number of hydrogen-bond donors (Lipinski definition) is 1. The zero-order valence-corrected chi connectivity index (χ0v) is 8.96. The van der Waals surface area contributed by atoms with Gasteiger partial charge >= 0.3 is 0 Å². The van der Waals surface area contributed by atoms with Gasteiger partial charge in [-0.15, -0.1) is 0 Å². The summed E-state index contributed by atoms with van der Waals surface area (Å²) in [6, 6.07) is 13.3. The lowest BCUT2D eigenvalue weighted by Crippen LogP contribution is -2.06. The van der Waals surface area contributed by atoms with Crippen molar-refractivity contribution >= 4 is 5.82 Å². The molecule has 2 rings (SSSR count). The number of benzene rings is 1. The molecule has 0 unspecified atom stereocenters. The van der Waals surface area contributed by atoms with Crippen LogP contribution in [-0.2, 0) is 6.54 Å². The van der Waals surface area contributed by atoms with Gasteiger partial charge in [-0.05, 0) is 5.56 Å². The highest BCUT2D eigenvalue weighted by Gasteiger charge is 2.14. The van der Waals surface area contributed by atoms with Crippen LogP contribution in [0.2, 0.25) is 0 Å². The fraction of sp³-hybridized carbons (Fsp3) is 0.0833. The molecule has 1 aromatic carbocycles. The minimum Gasteiger partial charge on any atom is -0.383 e. The van der Waals surface area contributed by atoms with Crippen LogP contribution in [0.4, 0.5) is 5.82 Å². The van der Waals surface area contributed by atoms with Crippen LogP contribution in [0.3, 0.4) is 0 Å². The predicted molar refractivity (Wildman–Crippen MR) is 61.6 cm³/mol. The fourth-order valence-corrected chi connectivity index (χ4v) is 1.54. The maximum Gasteiger partial charge on any atom is 0.182 e. The number of rotatable bonds is 2. The van der Waals surface area contributed by atoms with Gasteiger partial charge in [-0.1, -0.05) is 30.3 Å². The second kappa shape index (κ2) is 4.38. The lowest BCUT2D eigenvalue weighted by molar-refractivity contribution is 0.694. The van der Waals surface area contributed by atoms with Gasteiger partial charge in [0.2, 0.25) is 0 Å². The topological polar surface area (TPSA) is 91.4 Å². The van der Waals surface area contributed by atoms with E-state index >= 15 is 0 Å². The van der Waals surface area contributed by atoms with Crippen molar-refractivity contribution in [3.8, 4) is 12.1 Å². The van der Waals surface area contributed by atoms with E-state index in [1.807, 2.05) is 42.5 Å². The molecule has 5 heteroatoms. The molecule has 0 amide bonds. The van der Waals surface area contributed by atoms with E-state index in [-0.39, 0.29) is 17.1 Å². The van der Waals surface area contributed by atoms with Crippen LogP contribution in [-0.4, -0.2) is 9.78 Å². The normalized spacial score (nSPS) is 9.53. The average molecular weight is 223 g/mol. The van der Waals surface area contributed by atoms with Crippen LogP contribution in [0.25, 0.3) is 0 Å². The Morgan fingerprint density at radius 2 is 1.88 bits per heavy atom. The van der Waals surface area contributed by atoms with Gasteiger partial charge in [0, 0.05) is 0 Å². The molecular weight excluding hydrogens is 214 g/mol. The number of hydrogen-bond acceptors (Lipinski definition) is 4. The first-order chi connectivity index (χ1) is 8.26. The number of nitrogens with two attached hydrogens (primary N) is 1. The van der Waals surface area contributed by atoms with Gasteiger partial charge < -0.3 is 5.73 Å². The highest BCUT2D eigenvalue weighted by Crippen LogP contribution is 2.16. The third-order valence-corrected chi connectivity index (χ3v) is 2.38. The van der Waals surface area contributed by atoms with Gasteiger partial charge in [0.15, 0.2) is 5.69 Å². The highest BCUT2D eigenvalue weighted by atomic mass is 15.3. The summed E-state index contributed by atoms with van der Waals surface area (Å²) >= 11 is 0. The second-order valence-electron chi connectivity index (χ2n) is 3.48. The average Bonchev–Trinajstić information content (AvgIpc) is 2.67. The van der Waals surface area contributed by atoms with E-state index in [1.165, 1.54) is 4.68 Å². The largest absolute Gasteiger partial charge is 0.383 e. The van der Waals surface area contributed by atoms with E-state index in [2.05, 4.69) is 5.10 Å². The summed E-state index contributed by atoms with van der Waals surface area (Å²) in [4.78, 5) is 0. The molecule has 0 radical (unpaired) electrons. The molecule has 0 saturated carbocycles. The first-order valence-electron chi connectivity index (χ1n) is 4.96. The number of anilines is 1. The van der Waals surface area contributed by atoms with Gasteiger partial charge in [0.05, 0.1) is 6.54 Å². The third-order valence-electron chi connectivity index (χ3n) is 2.38. The Hall–Kier alpha value is -2.79. The van der Waals surface area contributed by atoms with E-state index in [1.54, 1.807) is 0 Å². The van der Waals surface area contributed by atoms with Crippen molar-refractivity contribution in [1.82, 2.24) is 9.78 Å². The lowest BCUT2D eigenvalue weighted by Gasteiger charge is -2.03. The maximum absolute atomic E-state index is 8.88. The van der Waals surface area contributed by atoms with E-state index in [0.29, 0.717) is 6.54 Å². The first kappa shape index (κ1) is 10.7. The van der Waals surface area contributed by atoms with Crippen molar-refractivity contribution in [1.29, 1.82) is 10.5 Å². The summed E-state index contributed by atoms with van der Waals surface area (Å²) in [6.45, 7) is 0.447. The summed E-state index contributed by atoms with van der Waals surface area (Å²) in [5.74, 6) is 0.230. The molecule has 17 heavy (non-hydrogen) atoms. The molecule has 2 aromatic rings. The molecule has 0 aliphatic carbocycles. The lowest BCUT2D eigenvalue weighted by atomic mass is 10.2. The molecule has 0 saturated heterocycles. The smallest absolute Gasteiger partial charge is 0.182 e. The zero-order valence-electron chi connectivity index (χ0n) is 8.96. The Bertz CT molecular complexity index is 613. The molecule has 0 aliphatic rings. The van der Waals surface area contributed by atoms with Crippen LogP contribution in [0, 0.1) is 22.7 Å². The van der Waals surface area contributed by atoms with Crippen molar-refractivity contribution in [3.05, 3.63) is 47.2 Å². The van der Waals surface area contributed by atoms with E-state index in [4.69, 9.17) is 16.3 Å². The van der Waals surface area contributed by atoms with Gasteiger partial charge in [-0.25, -0.2) is 4.68 Å². The Labute approximate surface area is 98.3 Å². The summed E-state index contributed by atoms with van der Waals surface area (Å²) in [5, 5.41) is 21.7. The summed E-state index contributed by atoms with van der Waals surface area (Å²) in [6.07, 6.45) is 0. The molecule has 0 atom stereocenters. The Morgan fingerprint density at radius 1 is 1.18 bits per heavy atom. The number of nitrogen functional groups attached to an aromatic ring is 1. The minimum atomic E-state index is 0.0703. The molecule has 1 aromatic heterocycles. The van der Waals surface area contributed by atoms with Crippen LogP contribution in [0.1, 0.15) is 16.8 Å². The van der Waals surface area contributed by atoms with Crippen LogP contribution >= 0.6 is 0 Å². The van der Waals surface area contributed by atoms with Gasteiger partial charge in [0.1, 0.15) is 23.5 Å². The van der Waals surface area contributed by atoms with Gasteiger partial charge in [0.25, 0.3) is 0 Å². The van der Waals surface area contributed by atoms with E-state index < -0.39 is 0 Å². The van der Waals surface area contributed by atoms with Crippen LogP contribution in [0.5, 0.6) is 0 Å². The summed E-state index contributed by atoms with van der Waals surface area (Å²) < 4.78 is 1.46. The van der Waals surface area contributed by atoms with Gasteiger partial charge in [-0.3, -0.25) is 0 Å². The van der Waals surface area contributed by atoms with E-state index in [0.717, 1.165) is 5.56 Å². The number of nitrogens with zero attached hydrogens (tertiary/aromatic N) is 4. The Morgan fingerprint density at radius 3 is 2.41 bits per heavy atom. The maximum atomic E-state index is 8.88. The SMILES string of the molecule is N#Cc1nn(Cc2ccccc2)c(N)c1C#N.